The van der Waals surface area contributed by atoms with E-state index in [-0.39, 0.29) is 6.03 Å². The maximum absolute atomic E-state index is 12.5. The highest BCUT2D eigenvalue weighted by molar-refractivity contribution is 5.74. The van der Waals surface area contributed by atoms with E-state index >= 15 is 0 Å². The molecule has 28 heavy (non-hydrogen) atoms. The zero-order valence-electron chi connectivity index (χ0n) is 16.4. The number of nitrogens with zero attached hydrogens (tertiary/aromatic N) is 3. The number of piperidine rings is 1. The number of hydrogen-bond donors (Lipinski definition) is 1. The summed E-state index contributed by atoms with van der Waals surface area (Å²) in [5.74, 6) is 3.32. The van der Waals surface area contributed by atoms with Gasteiger partial charge in [-0.05, 0) is 55.7 Å². The number of ether oxygens (including phenoxy) is 1. The van der Waals surface area contributed by atoms with E-state index in [9.17, 15) is 4.79 Å². The molecule has 1 aliphatic heterocycles. The first-order valence-electron chi connectivity index (χ1n) is 10.2. The summed E-state index contributed by atoms with van der Waals surface area (Å²) in [5.41, 5.74) is 1.18. The molecular formula is C21H28N4O3. The predicted octanol–water partition coefficient (Wildman–Crippen LogP) is 3.16. The molecule has 2 aromatic rings. The molecule has 1 atom stereocenters. The third kappa shape index (κ3) is 4.82. The normalized spacial score (nSPS) is 19.5. The zero-order chi connectivity index (χ0) is 19.3. The van der Waals surface area contributed by atoms with Crippen molar-refractivity contribution < 1.29 is 14.1 Å². The number of aromatic nitrogens is 2. The molecule has 1 N–H and O–H groups in total. The van der Waals surface area contributed by atoms with E-state index in [2.05, 4.69) is 15.5 Å². The second kappa shape index (κ2) is 8.63. The summed E-state index contributed by atoms with van der Waals surface area (Å²) < 4.78 is 10.6. The largest absolute Gasteiger partial charge is 0.497 e. The van der Waals surface area contributed by atoms with Crippen molar-refractivity contribution >= 4 is 6.03 Å². The quantitative estimate of drug-likeness (QED) is 0.793. The topological polar surface area (TPSA) is 80.5 Å². The van der Waals surface area contributed by atoms with E-state index in [1.165, 1.54) is 18.4 Å². The Morgan fingerprint density at radius 1 is 1.29 bits per heavy atom. The Morgan fingerprint density at radius 3 is 2.86 bits per heavy atom. The first kappa shape index (κ1) is 18.8. The molecule has 1 aliphatic carbocycles. The Labute approximate surface area is 165 Å². The zero-order valence-corrected chi connectivity index (χ0v) is 16.4. The highest BCUT2D eigenvalue weighted by Gasteiger charge is 2.30. The van der Waals surface area contributed by atoms with Crippen molar-refractivity contribution in [1.82, 2.24) is 20.4 Å². The van der Waals surface area contributed by atoms with Gasteiger partial charge in [-0.1, -0.05) is 17.3 Å². The number of benzene rings is 1. The van der Waals surface area contributed by atoms with Crippen LogP contribution in [-0.2, 0) is 12.8 Å². The number of likely N-dealkylation sites (tertiary alicyclic amines) is 1. The first-order chi connectivity index (χ1) is 13.7. The SMILES string of the molecule is COc1ccc(CCNC(=O)N2CCCC(Cc3nc(C4CC4)no3)C2)cc1. The number of hydrogen-bond acceptors (Lipinski definition) is 5. The van der Waals surface area contributed by atoms with Crippen molar-refractivity contribution in [1.29, 1.82) is 0 Å². The molecule has 2 amide bonds. The average Bonchev–Trinajstić information content (AvgIpc) is 3.48. The monoisotopic (exact) mass is 384 g/mol. The Morgan fingerprint density at radius 2 is 2.11 bits per heavy atom. The molecule has 150 valence electrons. The molecule has 7 heteroatoms. The smallest absolute Gasteiger partial charge is 0.317 e. The number of carbonyl (C=O) groups excluding carboxylic acids is 1. The van der Waals surface area contributed by atoms with E-state index in [0.717, 1.165) is 50.3 Å². The Kier molecular flexibility index (Phi) is 5.78. The standard InChI is InChI=1S/C21H28N4O3/c1-27-18-8-4-15(5-9-18)10-11-22-21(26)25-12-2-3-16(14-25)13-19-23-20(24-28-19)17-6-7-17/h4-5,8-9,16-17H,2-3,6-7,10-14H2,1H3,(H,22,26). The minimum atomic E-state index is 0.0161. The molecule has 2 heterocycles. The molecule has 1 unspecified atom stereocenters. The molecule has 1 saturated heterocycles. The van der Waals surface area contributed by atoms with Gasteiger partial charge in [0, 0.05) is 32.0 Å². The van der Waals surface area contributed by atoms with Crippen molar-refractivity contribution in [2.45, 2.75) is 44.4 Å². The van der Waals surface area contributed by atoms with Crippen LogP contribution in [0.2, 0.25) is 0 Å². The van der Waals surface area contributed by atoms with Crippen LogP contribution in [0.3, 0.4) is 0 Å². The lowest BCUT2D eigenvalue weighted by molar-refractivity contribution is 0.162. The maximum Gasteiger partial charge on any atom is 0.317 e. The Hall–Kier alpha value is -2.57. The fourth-order valence-corrected chi connectivity index (χ4v) is 3.74. The van der Waals surface area contributed by atoms with Gasteiger partial charge in [0.25, 0.3) is 0 Å². The third-order valence-corrected chi connectivity index (χ3v) is 5.54. The van der Waals surface area contributed by atoms with Crippen molar-refractivity contribution in [3.8, 4) is 5.75 Å². The van der Waals surface area contributed by atoms with Gasteiger partial charge in [-0.15, -0.1) is 0 Å². The van der Waals surface area contributed by atoms with Crippen LogP contribution in [0.5, 0.6) is 5.75 Å². The lowest BCUT2D eigenvalue weighted by atomic mass is 9.95. The minimum absolute atomic E-state index is 0.0161. The fraction of sp³-hybridized carbons (Fsp3) is 0.571. The van der Waals surface area contributed by atoms with E-state index < -0.39 is 0 Å². The van der Waals surface area contributed by atoms with Crippen LogP contribution in [-0.4, -0.2) is 47.8 Å². The number of rotatable bonds is 7. The minimum Gasteiger partial charge on any atom is -0.497 e. The van der Waals surface area contributed by atoms with Crippen molar-refractivity contribution in [2.24, 2.45) is 5.92 Å². The Balaban J connectivity index is 1.22. The second-order valence-corrected chi connectivity index (χ2v) is 7.81. The molecule has 1 aromatic heterocycles. The summed E-state index contributed by atoms with van der Waals surface area (Å²) in [4.78, 5) is 19.0. The highest BCUT2D eigenvalue weighted by atomic mass is 16.5. The van der Waals surface area contributed by atoms with Gasteiger partial charge in [0.2, 0.25) is 5.89 Å². The molecule has 2 fully saturated rings. The molecule has 1 saturated carbocycles. The van der Waals surface area contributed by atoms with Gasteiger partial charge in [-0.25, -0.2) is 4.79 Å². The van der Waals surface area contributed by atoms with Crippen LogP contribution >= 0.6 is 0 Å². The van der Waals surface area contributed by atoms with Gasteiger partial charge in [0.1, 0.15) is 5.75 Å². The number of amides is 2. The molecule has 2 aliphatic rings. The molecule has 4 rings (SSSR count). The molecule has 1 aromatic carbocycles. The predicted molar refractivity (Wildman–Crippen MR) is 104 cm³/mol. The number of nitrogens with one attached hydrogen (secondary N) is 1. The van der Waals surface area contributed by atoms with Crippen LogP contribution in [0.25, 0.3) is 0 Å². The molecule has 0 radical (unpaired) electrons. The van der Waals surface area contributed by atoms with Gasteiger partial charge in [0.05, 0.1) is 7.11 Å². The summed E-state index contributed by atoms with van der Waals surface area (Å²) in [6, 6.07) is 7.96. The van der Waals surface area contributed by atoms with E-state index in [1.54, 1.807) is 7.11 Å². The molecule has 0 spiro atoms. The van der Waals surface area contributed by atoms with Crippen molar-refractivity contribution in [3.05, 3.63) is 41.5 Å². The van der Waals surface area contributed by atoms with Crippen molar-refractivity contribution in [2.75, 3.05) is 26.7 Å². The van der Waals surface area contributed by atoms with Gasteiger partial charge in [0.15, 0.2) is 5.82 Å². The van der Waals surface area contributed by atoms with Crippen LogP contribution in [0.15, 0.2) is 28.8 Å². The lowest BCUT2D eigenvalue weighted by Gasteiger charge is -2.32. The summed E-state index contributed by atoms with van der Waals surface area (Å²) >= 11 is 0. The number of methoxy groups -OCH3 is 1. The number of urea groups is 1. The van der Waals surface area contributed by atoms with Crippen LogP contribution in [0.4, 0.5) is 4.79 Å². The average molecular weight is 384 g/mol. The third-order valence-electron chi connectivity index (χ3n) is 5.54. The summed E-state index contributed by atoms with van der Waals surface area (Å²) in [7, 11) is 1.66. The summed E-state index contributed by atoms with van der Waals surface area (Å²) in [5, 5.41) is 7.14. The van der Waals surface area contributed by atoms with E-state index in [1.807, 2.05) is 29.2 Å². The van der Waals surface area contributed by atoms with Crippen LogP contribution in [0, 0.1) is 5.92 Å². The maximum atomic E-state index is 12.5. The Bertz CT molecular complexity index is 785. The van der Waals surface area contributed by atoms with Gasteiger partial charge in [-0.2, -0.15) is 4.98 Å². The molecule has 7 nitrogen and oxygen atoms in total. The second-order valence-electron chi connectivity index (χ2n) is 7.81. The van der Waals surface area contributed by atoms with E-state index in [0.29, 0.717) is 24.3 Å². The molecular weight excluding hydrogens is 356 g/mol. The van der Waals surface area contributed by atoms with E-state index in [4.69, 9.17) is 9.26 Å². The van der Waals surface area contributed by atoms with Crippen LogP contribution in [0.1, 0.15) is 48.9 Å². The number of carbonyl (C=O) groups is 1. The summed E-state index contributed by atoms with van der Waals surface area (Å²) in [6.45, 7) is 2.18. The summed E-state index contributed by atoms with van der Waals surface area (Å²) in [6.07, 6.45) is 6.02. The highest BCUT2D eigenvalue weighted by Crippen LogP contribution is 2.38. The lowest BCUT2D eigenvalue weighted by Crippen LogP contribution is -2.46. The van der Waals surface area contributed by atoms with Gasteiger partial charge < -0.3 is 19.5 Å². The van der Waals surface area contributed by atoms with Gasteiger partial charge in [-0.3, -0.25) is 0 Å². The fourth-order valence-electron chi connectivity index (χ4n) is 3.74. The van der Waals surface area contributed by atoms with Crippen molar-refractivity contribution in [3.63, 3.8) is 0 Å². The van der Waals surface area contributed by atoms with Gasteiger partial charge >= 0.3 is 6.03 Å². The first-order valence-corrected chi connectivity index (χ1v) is 10.2. The van der Waals surface area contributed by atoms with Crippen LogP contribution < -0.4 is 10.1 Å². The molecule has 0 bridgehead atoms.